The minimum atomic E-state index is -3.52. The first-order valence-corrected chi connectivity index (χ1v) is 10.5. The molecule has 2 heterocycles. The molecule has 2 aliphatic rings. The molecule has 0 N–H and O–H groups in total. The van der Waals surface area contributed by atoms with E-state index in [-0.39, 0.29) is 5.91 Å². The number of ether oxygens (including phenoxy) is 1. The van der Waals surface area contributed by atoms with E-state index in [4.69, 9.17) is 4.74 Å². The molecule has 144 valence electrons. The normalized spacial score (nSPS) is 20.3. The van der Waals surface area contributed by atoms with Gasteiger partial charge in [-0.3, -0.25) is 9.69 Å². The molecule has 8 heteroatoms. The summed E-state index contributed by atoms with van der Waals surface area (Å²) in [4.78, 5) is 16.7. The highest BCUT2D eigenvalue weighted by molar-refractivity contribution is 7.89. The highest BCUT2D eigenvalue weighted by Crippen LogP contribution is 2.22. The third kappa shape index (κ3) is 4.25. The topological polar surface area (TPSA) is 70.2 Å². The van der Waals surface area contributed by atoms with Crippen molar-refractivity contribution in [3.05, 3.63) is 29.3 Å². The van der Waals surface area contributed by atoms with Crippen molar-refractivity contribution in [3.63, 3.8) is 0 Å². The van der Waals surface area contributed by atoms with E-state index in [2.05, 4.69) is 4.90 Å². The van der Waals surface area contributed by atoms with Gasteiger partial charge in [0.1, 0.15) is 0 Å². The molecule has 0 bridgehead atoms. The molecule has 0 saturated carbocycles. The third-order valence-corrected chi connectivity index (χ3v) is 7.06. The maximum absolute atomic E-state index is 12.9. The van der Waals surface area contributed by atoms with Crippen molar-refractivity contribution in [1.29, 1.82) is 0 Å². The predicted octanol–water partition coefficient (Wildman–Crippen LogP) is 0.469. The number of hydrogen-bond acceptors (Lipinski definition) is 5. The fourth-order valence-corrected chi connectivity index (χ4v) is 5.08. The summed E-state index contributed by atoms with van der Waals surface area (Å²) in [6, 6.07) is 5.38. The number of rotatable bonds is 4. The van der Waals surface area contributed by atoms with E-state index in [9.17, 15) is 13.2 Å². The van der Waals surface area contributed by atoms with Crippen molar-refractivity contribution < 1.29 is 17.9 Å². The van der Waals surface area contributed by atoms with E-state index in [1.807, 2.05) is 26.0 Å². The van der Waals surface area contributed by atoms with Gasteiger partial charge in [-0.1, -0.05) is 17.7 Å². The van der Waals surface area contributed by atoms with E-state index in [0.29, 0.717) is 50.8 Å². The van der Waals surface area contributed by atoms with Crippen LogP contribution < -0.4 is 0 Å². The number of carbonyl (C=O) groups is 1. The maximum Gasteiger partial charge on any atom is 0.243 e. The summed E-state index contributed by atoms with van der Waals surface area (Å²) in [6.45, 7) is 8.57. The number of piperazine rings is 1. The van der Waals surface area contributed by atoms with Gasteiger partial charge in [0.2, 0.25) is 15.9 Å². The summed E-state index contributed by atoms with van der Waals surface area (Å²) in [5, 5.41) is 0. The van der Waals surface area contributed by atoms with E-state index < -0.39 is 10.0 Å². The summed E-state index contributed by atoms with van der Waals surface area (Å²) >= 11 is 0. The fourth-order valence-electron chi connectivity index (χ4n) is 3.46. The molecule has 0 radical (unpaired) electrons. The quantitative estimate of drug-likeness (QED) is 0.758. The minimum Gasteiger partial charge on any atom is -0.379 e. The van der Waals surface area contributed by atoms with Gasteiger partial charge in [-0.2, -0.15) is 4.31 Å². The van der Waals surface area contributed by atoms with Gasteiger partial charge in [0.05, 0.1) is 24.7 Å². The van der Waals surface area contributed by atoms with Crippen LogP contribution in [-0.2, 0) is 19.6 Å². The third-order valence-electron chi connectivity index (χ3n) is 5.00. The van der Waals surface area contributed by atoms with E-state index in [0.717, 1.165) is 24.2 Å². The first kappa shape index (κ1) is 19.3. The van der Waals surface area contributed by atoms with Crippen LogP contribution >= 0.6 is 0 Å². The Morgan fingerprint density at radius 2 is 1.69 bits per heavy atom. The molecular formula is C18H27N3O4S. The van der Waals surface area contributed by atoms with Crippen LogP contribution in [-0.4, -0.2) is 87.5 Å². The SMILES string of the molecule is Cc1ccc(S(=O)(=O)N2CCN(C(=O)CN3CCOCC3)CC2)c(C)c1. The summed E-state index contributed by atoms with van der Waals surface area (Å²) in [5.74, 6) is 0.0652. The zero-order chi connectivity index (χ0) is 18.7. The first-order valence-electron chi connectivity index (χ1n) is 9.03. The Labute approximate surface area is 155 Å². The molecule has 26 heavy (non-hydrogen) atoms. The zero-order valence-electron chi connectivity index (χ0n) is 15.5. The second kappa shape index (κ2) is 8.04. The molecule has 2 saturated heterocycles. The van der Waals surface area contributed by atoms with Crippen LogP contribution in [0.4, 0.5) is 0 Å². The van der Waals surface area contributed by atoms with E-state index in [1.165, 1.54) is 4.31 Å². The van der Waals surface area contributed by atoms with Crippen LogP contribution in [0.15, 0.2) is 23.1 Å². The Bertz CT molecular complexity index is 752. The van der Waals surface area contributed by atoms with Crippen LogP contribution in [0.25, 0.3) is 0 Å². The largest absolute Gasteiger partial charge is 0.379 e. The number of hydrogen-bond donors (Lipinski definition) is 0. The van der Waals surface area contributed by atoms with Gasteiger partial charge in [0, 0.05) is 39.3 Å². The van der Waals surface area contributed by atoms with Gasteiger partial charge in [-0.15, -0.1) is 0 Å². The number of benzene rings is 1. The molecule has 0 atom stereocenters. The lowest BCUT2D eigenvalue weighted by Crippen LogP contribution is -2.53. The van der Waals surface area contributed by atoms with Crippen LogP contribution in [0.1, 0.15) is 11.1 Å². The number of nitrogens with zero attached hydrogens (tertiary/aromatic N) is 3. The molecule has 0 spiro atoms. The highest BCUT2D eigenvalue weighted by atomic mass is 32.2. The second-order valence-electron chi connectivity index (χ2n) is 6.94. The summed E-state index contributed by atoms with van der Waals surface area (Å²) in [6.07, 6.45) is 0. The van der Waals surface area contributed by atoms with Crippen LogP contribution in [0, 0.1) is 13.8 Å². The average molecular weight is 381 g/mol. The van der Waals surface area contributed by atoms with Crippen LogP contribution in [0.5, 0.6) is 0 Å². The Kier molecular flexibility index (Phi) is 5.96. The highest BCUT2D eigenvalue weighted by Gasteiger charge is 2.31. The maximum atomic E-state index is 12.9. The number of carbonyl (C=O) groups excluding carboxylic acids is 1. The van der Waals surface area contributed by atoms with E-state index in [1.54, 1.807) is 11.0 Å². The van der Waals surface area contributed by atoms with Crippen molar-refractivity contribution in [3.8, 4) is 0 Å². The van der Waals surface area contributed by atoms with Gasteiger partial charge in [-0.05, 0) is 25.5 Å². The van der Waals surface area contributed by atoms with Gasteiger partial charge < -0.3 is 9.64 Å². The van der Waals surface area contributed by atoms with Gasteiger partial charge in [0.15, 0.2) is 0 Å². The summed E-state index contributed by atoms with van der Waals surface area (Å²) < 4.78 is 32.6. The number of aryl methyl sites for hydroxylation is 2. The summed E-state index contributed by atoms with van der Waals surface area (Å²) in [7, 11) is -3.52. The Balaban J connectivity index is 1.59. The van der Waals surface area contributed by atoms with E-state index >= 15 is 0 Å². The lowest BCUT2D eigenvalue weighted by molar-refractivity contribution is -0.134. The molecule has 0 unspecified atom stereocenters. The average Bonchev–Trinajstić information content (AvgIpc) is 2.62. The van der Waals surface area contributed by atoms with Crippen molar-refractivity contribution >= 4 is 15.9 Å². The van der Waals surface area contributed by atoms with Crippen molar-refractivity contribution in [2.45, 2.75) is 18.7 Å². The Morgan fingerprint density at radius 1 is 1.04 bits per heavy atom. The van der Waals surface area contributed by atoms with Gasteiger partial charge in [0.25, 0.3) is 0 Å². The smallest absolute Gasteiger partial charge is 0.243 e. The van der Waals surface area contributed by atoms with Gasteiger partial charge >= 0.3 is 0 Å². The van der Waals surface area contributed by atoms with Crippen molar-refractivity contribution in [2.75, 3.05) is 59.0 Å². The Morgan fingerprint density at radius 3 is 2.31 bits per heavy atom. The van der Waals surface area contributed by atoms with Crippen molar-refractivity contribution in [1.82, 2.24) is 14.1 Å². The number of amides is 1. The van der Waals surface area contributed by atoms with Gasteiger partial charge in [-0.25, -0.2) is 8.42 Å². The van der Waals surface area contributed by atoms with Crippen molar-refractivity contribution in [2.24, 2.45) is 0 Å². The number of morpholine rings is 1. The molecular weight excluding hydrogens is 354 g/mol. The molecule has 2 aliphatic heterocycles. The molecule has 2 fully saturated rings. The minimum absolute atomic E-state index is 0.0652. The monoisotopic (exact) mass is 381 g/mol. The molecule has 7 nitrogen and oxygen atoms in total. The number of sulfonamides is 1. The first-order chi connectivity index (χ1) is 12.4. The molecule has 0 aromatic heterocycles. The molecule has 1 amide bonds. The predicted molar refractivity (Wildman–Crippen MR) is 98.5 cm³/mol. The lowest BCUT2D eigenvalue weighted by Gasteiger charge is -2.36. The molecule has 1 aromatic carbocycles. The second-order valence-corrected chi connectivity index (χ2v) is 8.85. The standard InChI is InChI=1S/C18H27N3O4S/c1-15-3-4-17(16(2)13-15)26(23,24)21-7-5-20(6-8-21)18(22)14-19-9-11-25-12-10-19/h3-4,13H,5-12,14H2,1-2H3. The molecule has 0 aliphatic carbocycles. The molecule has 3 rings (SSSR count). The molecule has 1 aromatic rings. The van der Waals surface area contributed by atoms with Crippen LogP contribution in [0.2, 0.25) is 0 Å². The van der Waals surface area contributed by atoms with Crippen LogP contribution in [0.3, 0.4) is 0 Å². The zero-order valence-corrected chi connectivity index (χ0v) is 16.3. The Hall–Kier alpha value is -1.48. The summed E-state index contributed by atoms with van der Waals surface area (Å²) in [5.41, 5.74) is 1.80. The lowest BCUT2D eigenvalue weighted by atomic mass is 10.2. The fraction of sp³-hybridized carbons (Fsp3) is 0.611.